The molecule has 1 aromatic carbocycles. The van der Waals surface area contributed by atoms with E-state index in [1.54, 1.807) is 6.92 Å². The molecule has 3 saturated heterocycles. The van der Waals surface area contributed by atoms with Gasteiger partial charge in [0.1, 0.15) is 0 Å². The normalized spacial score (nSPS) is 25.2. The Hall–Kier alpha value is -1.92. The number of hydrogen-bond acceptors (Lipinski definition) is 4. The molecule has 1 aromatic rings. The fourth-order valence-corrected chi connectivity index (χ4v) is 5.61. The van der Waals surface area contributed by atoms with E-state index >= 15 is 0 Å². The van der Waals surface area contributed by atoms with Gasteiger partial charge in [-0.1, -0.05) is 30.3 Å². The Kier molecular flexibility index (Phi) is 6.68. The van der Waals surface area contributed by atoms with E-state index in [2.05, 4.69) is 17.0 Å². The maximum absolute atomic E-state index is 13.8. The molecule has 1 atom stereocenters. The summed E-state index contributed by atoms with van der Waals surface area (Å²) in [7, 11) is 1.89. The van der Waals surface area contributed by atoms with E-state index < -0.39 is 0 Å². The maximum Gasteiger partial charge on any atom is 0.229 e. The van der Waals surface area contributed by atoms with Gasteiger partial charge >= 0.3 is 0 Å². The van der Waals surface area contributed by atoms with Crippen LogP contribution in [0, 0.1) is 5.41 Å². The summed E-state index contributed by atoms with van der Waals surface area (Å²) in [5.74, 6) is 0.389. The van der Waals surface area contributed by atoms with Gasteiger partial charge in [-0.25, -0.2) is 0 Å². The lowest BCUT2D eigenvalue weighted by molar-refractivity contribution is -0.162. The van der Waals surface area contributed by atoms with E-state index in [0.29, 0.717) is 19.8 Å². The Bertz CT molecular complexity index is 767. The average Bonchev–Trinajstić information content (AvgIpc) is 2.80. The molecule has 0 aromatic heterocycles. The van der Waals surface area contributed by atoms with Crippen molar-refractivity contribution in [2.45, 2.75) is 63.5 Å². The molecule has 3 heterocycles. The summed E-state index contributed by atoms with van der Waals surface area (Å²) in [4.78, 5) is 29.6. The van der Waals surface area contributed by atoms with Gasteiger partial charge in [-0.2, -0.15) is 0 Å². The Morgan fingerprint density at radius 1 is 1.06 bits per heavy atom. The van der Waals surface area contributed by atoms with Crippen LogP contribution >= 0.6 is 0 Å². The SMILES string of the molecule is CC(=O)N(C)[C@H]1CCOC2(CCN(C(=O)C3(Cc4ccccc4)CCOCC3)CC2)C1. The second-order valence-electron chi connectivity index (χ2n) is 9.66. The molecule has 0 bridgehead atoms. The number of likely N-dealkylation sites (tertiary alicyclic amines) is 1. The standard InChI is InChI=1S/C25H36N2O4/c1-20(28)26(2)22-8-15-31-25(19-22)9-13-27(14-10-25)23(29)24(11-16-30-17-12-24)18-21-6-4-3-5-7-21/h3-7,22H,8-19H2,1-2H3/t22-/m0/s1. The van der Waals surface area contributed by atoms with Gasteiger partial charge in [-0.3, -0.25) is 9.59 Å². The van der Waals surface area contributed by atoms with Crippen molar-refractivity contribution in [3.05, 3.63) is 35.9 Å². The van der Waals surface area contributed by atoms with E-state index in [-0.39, 0.29) is 28.9 Å². The van der Waals surface area contributed by atoms with Crippen LogP contribution in [0.5, 0.6) is 0 Å². The van der Waals surface area contributed by atoms with Crippen molar-refractivity contribution in [1.29, 1.82) is 0 Å². The molecule has 3 fully saturated rings. The number of hydrogen-bond donors (Lipinski definition) is 0. The fourth-order valence-electron chi connectivity index (χ4n) is 5.61. The predicted octanol–water partition coefficient (Wildman–Crippen LogP) is 3.04. The second kappa shape index (κ2) is 9.29. The summed E-state index contributed by atoms with van der Waals surface area (Å²) < 4.78 is 11.9. The second-order valence-corrected chi connectivity index (χ2v) is 9.66. The van der Waals surface area contributed by atoms with Crippen molar-refractivity contribution in [2.24, 2.45) is 5.41 Å². The fraction of sp³-hybridized carbons (Fsp3) is 0.680. The lowest BCUT2D eigenvalue weighted by Gasteiger charge is -2.49. The zero-order valence-electron chi connectivity index (χ0n) is 19.0. The van der Waals surface area contributed by atoms with Gasteiger partial charge in [0, 0.05) is 52.9 Å². The molecule has 31 heavy (non-hydrogen) atoms. The Balaban J connectivity index is 1.43. The minimum atomic E-state index is -0.366. The van der Waals surface area contributed by atoms with E-state index in [1.807, 2.05) is 30.1 Å². The van der Waals surface area contributed by atoms with Gasteiger partial charge in [0.25, 0.3) is 0 Å². The monoisotopic (exact) mass is 428 g/mol. The number of benzene rings is 1. The first-order chi connectivity index (χ1) is 14.9. The van der Waals surface area contributed by atoms with Crippen LogP contribution in [-0.4, -0.2) is 73.2 Å². The van der Waals surface area contributed by atoms with Gasteiger partial charge in [-0.15, -0.1) is 0 Å². The smallest absolute Gasteiger partial charge is 0.229 e. The molecule has 3 aliphatic rings. The zero-order chi connectivity index (χ0) is 21.9. The van der Waals surface area contributed by atoms with Crippen LogP contribution in [0.3, 0.4) is 0 Å². The third-order valence-electron chi connectivity index (χ3n) is 7.76. The highest BCUT2D eigenvalue weighted by atomic mass is 16.5. The molecule has 0 N–H and O–H groups in total. The topological polar surface area (TPSA) is 59.1 Å². The zero-order valence-corrected chi connectivity index (χ0v) is 19.0. The lowest BCUT2D eigenvalue weighted by atomic mass is 9.73. The lowest BCUT2D eigenvalue weighted by Crippen LogP contribution is -2.57. The molecule has 4 rings (SSSR count). The number of amides is 2. The van der Waals surface area contributed by atoms with Crippen molar-refractivity contribution < 1.29 is 19.1 Å². The summed E-state index contributed by atoms with van der Waals surface area (Å²) in [6, 6.07) is 10.6. The molecule has 0 aliphatic carbocycles. The highest BCUT2D eigenvalue weighted by Gasteiger charge is 2.47. The molecular formula is C25H36N2O4. The first kappa shape index (κ1) is 22.3. The van der Waals surface area contributed by atoms with Crippen molar-refractivity contribution in [3.8, 4) is 0 Å². The first-order valence-electron chi connectivity index (χ1n) is 11.7. The van der Waals surface area contributed by atoms with E-state index in [4.69, 9.17) is 9.47 Å². The molecule has 170 valence electrons. The van der Waals surface area contributed by atoms with Gasteiger partial charge in [0.15, 0.2) is 0 Å². The van der Waals surface area contributed by atoms with E-state index in [9.17, 15) is 9.59 Å². The van der Waals surface area contributed by atoms with Gasteiger partial charge in [0.05, 0.1) is 11.0 Å². The summed E-state index contributed by atoms with van der Waals surface area (Å²) in [6.45, 7) is 5.07. The molecule has 3 aliphatic heterocycles. The summed E-state index contributed by atoms with van der Waals surface area (Å²) in [5.41, 5.74) is 0.651. The van der Waals surface area contributed by atoms with Gasteiger partial charge in [-0.05, 0) is 50.5 Å². The molecule has 0 radical (unpaired) electrons. The van der Waals surface area contributed by atoms with E-state index in [1.165, 1.54) is 5.56 Å². The van der Waals surface area contributed by atoms with Crippen LogP contribution in [-0.2, 0) is 25.5 Å². The minimum absolute atomic E-state index is 0.108. The van der Waals surface area contributed by atoms with Crippen LogP contribution in [0.15, 0.2) is 30.3 Å². The molecule has 2 amide bonds. The number of rotatable bonds is 4. The molecule has 1 spiro atoms. The molecule has 0 saturated carbocycles. The average molecular weight is 429 g/mol. The number of nitrogens with zero attached hydrogens (tertiary/aromatic N) is 2. The van der Waals surface area contributed by atoms with Gasteiger partial charge in [0.2, 0.25) is 11.8 Å². The molecular weight excluding hydrogens is 392 g/mol. The quantitative estimate of drug-likeness (QED) is 0.740. The maximum atomic E-state index is 13.8. The van der Waals surface area contributed by atoms with E-state index in [0.717, 1.165) is 58.0 Å². The molecule has 0 unspecified atom stereocenters. The third-order valence-corrected chi connectivity index (χ3v) is 7.76. The summed E-state index contributed by atoms with van der Waals surface area (Å²) in [5, 5.41) is 0. The third kappa shape index (κ3) is 4.80. The number of carbonyl (C=O) groups is 2. The van der Waals surface area contributed by atoms with Crippen molar-refractivity contribution in [3.63, 3.8) is 0 Å². The van der Waals surface area contributed by atoms with Crippen molar-refractivity contribution in [2.75, 3.05) is 40.0 Å². The number of piperidine rings is 1. The Labute approximate surface area is 185 Å². The molecule has 6 heteroatoms. The van der Waals surface area contributed by atoms with Crippen LogP contribution in [0.2, 0.25) is 0 Å². The highest BCUT2D eigenvalue weighted by molar-refractivity contribution is 5.83. The van der Waals surface area contributed by atoms with Crippen molar-refractivity contribution in [1.82, 2.24) is 9.80 Å². The summed E-state index contributed by atoms with van der Waals surface area (Å²) >= 11 is 0. The summed E-state index contributed by atoms with van der Waals surface area (Å²) in [6.07, 6.45) is 5.79. The Morgan fingerprint density at radius 2 is 1.74 bits per heavy atom. The van der Waals surface area contributed by atoms with Crippen LogP contribution in [0.4, 0.5) is 0 Å². The number of ether oxygens (including phenoxy) is 2. The highest BCUT2D eigenvalue weighted by Crippen LogP contribution is 2.40. The predicted molar refractivity (Wildman–Crippen MR) is 119 cm³/mol. The minimum Gasteiger partial charge on any atom is -0.381 e. The Morgan fingerprint density at radius 3 is 2.39 bits per heavy atom. The van der Waals surface area contributed by atoms with Crippen LogP contribution in [0.1, 0.15) is 51.0 Å². The van der Waals surface area contributed by atoms with Crippen molar-refractivity contribution >= 4 is 11.8 Å². The largest absolute Gasteiger partial charge is 0.381 e. The van der Waals surface area contributed by atoms with Crippen LogP contribution < -0.4 is 0 Å². The van der Waals surface area contributed by atoms with Gasteiger partial charge < -0.3 is 19.3 Å². The van der Waals surface area contributed by atoms with Crippen LogP contribution in [0.25, 0.3) is 0 Å². The number of carbonyl (C=O) groups excluding carboxylic acids is 2. The first-order valence-corrected chi connectivity index (χ1v) is 11.7. The molecule has 6 nitrogen and oxygen atoms in total.